The molecule has 21 heavy (non-hydrogen) atoms. The molecule has 1 aromatic rings. The SMILES string of the molecule is C#CCN(C)S(=O)(=O)c1ccc(CCCNC2CC2)cc1. The van der Waals surface area contributed by atoms with Gasteiger partial charge in [0.1, 0.15) is 0 Å². The molecule has 1 fully saturated rings. The molecule has 0 spiro atoms. The average Bonchev–Trinajstić information content (AvgIpc) is 3.28. The summed E-state index contributed by atoms with van der Waals surface area (Å²) in [4.78, 5) is 0.292. The van der Waals surface area contributed by atoms with Gasteiger partial charge >= 0.3 is 0 Å². The standard InChI is InChI=1S/C16H22N2O2S/c1-3-13-18(2)21(19,20)16-10-6-14(7-11-16)5-4-12-17-15-8-9-15/h1,6-7,10-11,15,17H,4-5,8-9,12-13H2,2H3. The molecule has 0 radical (unpaired) electrons. The number of terminal acetylenes is 1. The molecule has 1 N–H and O–H groups in total. The molecule has 5 heteroatoms. The molecule has 1 aliphatic rings. The molecular weight excluding hydrogens is 284 g/mol. The summed E-state index contributed by atoms with van der Waals surface area (Å²) < 4.78 is 25.6. The highest BCUT2D eigenvalue weighted by Crippen LogP contribution is 2.19. The van der Waals surface area contributed by atoms with Crippen molar-refractivity contribution >= 4 is 10.0 Å². The summed E-state index contributed by atoms with van der Waals surface area (Å²) in [6, 6.07) is 7.82. The maximum absolute atomic E-state index is 12.2. The minimum absolute atomic E-state index is 0.0803. The molecule has 0 aliphatic heterocycles. The van der Waals surface area contributed by atoms with Crippen molar-refractivity contribution in [2.24, 2.45) is 0 Å². The zero-order valence-corrected chi connectivity index (χ0v) is 13.2. The van der Waals surface area contributed by atoms with Crippen LogP contribution in [0.5, 0.6) is 0 Å². The maximum Gasteiger partial charge on any atom is 0.243 e. The van der Waals surface area contributed by atoms with E-state index in [0.717, 1.165) is 31.0 Å². The first-order valence-corrected chi connectivity index (χ1v) is 8.70. The van der Waals surface area contributed by atoms with Crippen LogP contribution < -0.4 is 5.32 Å². The minimum atomic E-state index is -3.47. The smallest absolute Gasteiger partial charge is 0.243 e. The van der Waals surface area contributed by atoms with Crippen LogP contribution in [0.25, 0.3) is 0 Å². The van der Waals surface area contributed by atoms with Crippen molar-refractivity contribution in [1.82, 2.24) is 9.62 Å². The number of sulfonamides is 1. The van der Waals surface area contributed by atoms with E-state index in [0.29, 0.717) is 4.90 Å². The van der Waals surface area contributed by atoms with Crippen LogP contribution in [0, 0.1) is 12.3 Å². The molecule has 114 valence electrons. The second-order valence-electron chi connectivity index (χ2n) is 5.44. The van der Waals surface area contributed by atoms with Gasteiger partial charge in [-0.15, -0.1) is 6.42 Å². The van der Waals surface area contributed by atoms with Crippen LogP contribution in [0.2, 0.25) is 0 Å². The van der Waals surface area contributed by atoms with Crippen LogP contribution in [-0.4, -0.2) is 38.9 Å². The van der Waals surface area contributed by atoms with E-state index >= 15 is 0 Å². The van der Waals surface area contributed by atoms with E-state index in [2.05, 4.69) is 11.2 Å². The number of hydrogen-bond acceptors (Lipinski definition) is 3. The lowest BCUT2D eigenvalue weighted by atomic mass is 10.1. The normalized spacial score (nSPS) is 15.1. The summed E-state index contributed by atoms with van der Waals surface area (Å²) in [6.45, 7) is 1.10. The minimum Gasteiger partial charge on any atom is -0.314 e. The third-order valence-electron chi connectivity index (χ3n) is 3.60. The fraction of sp³-hybridized carbons (Fsp3) is 0.500. The van der Waals surface area contributed by atoms with Crippen molar-refractivity contribution < 1.29 is 8.42 Å². The fourth-order valence-corrected chi connectivity index (χ4v) is 3.19. The molecule has 0 amide bonds. The quantitative estimate of drug-likeness (QED) is 0.586. The maximum atomic E-state index is 12.2. The molecule has 1 aromatic carbocycles. The van der Waals surface area contributed by atoms with Gasteiger partial charge in [-0.1, -0.05) is 18.1 Å². The van der Waals surface area contributed by atoms with Gasteiger partial charge in [-0.3, -0.25) is 0 Å². The van der Waals surface area contributed by atoms with E-state index in [1.807, 2.05) is 12.1 Å². The Morgan fingerprint density at radius 2 is 2.00 bits per heavy atom. The van der Waals surface area contributed by atoms with Crippen LogP contribution in [0.3, 0.4) is 0 Å². The number of nitrogens with zero attached hydrogens (tertiary/aromatic N) is 1. The van der Waals surface area contributed by atoms with Gasteiger partial charge in [-0.2, -0.15) is 4.31 Å². The van der Waals surface area contributed by atoms with Gasteiger partial charge in [0.15, 0.2) is 0 Å². The lowest BCUT2D eigenvalue weighted by molar-refractivity contribution is 0.503. The van der Waals surface area contributed by atoms with E-state index in [1.54, 1.807) is 12.1 Å². The Balaban J connectivity index is 1.89. The predicted molar refractivity (Wildman–Crippen MR) is 84.4 cm³/mol. The summed E-state index contributed by atoms with van der Waals surface area (Å²) >= 11 is 0. The topological polar surface area (TPSA) is 49.4 Å². The summed E-state index contributed by atoms with van der Waals surface area (Å²) in [5.41, 5.74) is 1.16. The number of nitrogens with one attached hydrogen (secondary N) is 1. The van der Waals surface area contributed by atoms with E-state index in [-0.39, 0.29) is 6.54 Å². The van der Waals surface area contributed by atoms with Gasteiger partial charge in [0.05, 0.1) is 11.4 Å². The van der Waals surface area contributed by atoms with Crippen LogP contribution in [0.4, 0.5) is 0 Å². The monoisotopic (exact) mass is 306 g/mol. The van der Waals surface area contributed by atoms with Crippen molar-refractivity contribution in [3.8, 4) is 12.3 Å². The zero-order chi connectivity index (χ0) is 15.3. The van der Waals surface area contributed by atoms with Gasteiger partial charge < -0.3 is 5.32 Å². The molecule has 1 aliphatic carbocycles. The molecule has 0 aromatic heterocycles. The molecule has 4 nitrogen and oxygen atoms in total. The van der Waals surface area contributed by atoms with E-state index in [4.69, 9.17) is 6.42 Å². The molecule has 0 unspecified atom stereocenters. The van der Waals surface area contributed by atoms with Crippen molar-refractivity contribution in [1.29, 1.82) is 0 Å². The fourth-order valence-electron chi connectivity index (χ4n) is 2.11. The average molecular weight is 306 g/mol. The van der Waals surface area contributed by atoms with Gasteiger partial charge in [0.25, 0.3) is 0 Å². The van der Waals surface area contributed by atoms with Crippen LogP contribution >= 0.6 is 0 Å². The molecular formula is C16H22N2O2S. The Morgan fingerprint density at radius 1 is 1.33 bits per heavy atom. The van der Waals surface area contributed by atoms with E-state index < -0.39 is 10.0 Å². The van der Waals surface area contributed by atoms with E-state index in [1.165, 1.54) is 24.2 Å². The Kier molecular flexibility index (Phi) is 5.40. The van der Waals surface area contributed by atoms with Gasteiger partial charge in [0, 0.05) is 13.1 Å². The third kappa shape index (κ3) is 4.57. The molecule has 0 heterocycles. The van der Waals surface area contributed by atoms with Crippen LogP contribution in [-0.2, 0) is 16.4 Å². The third-order valence-corrected chi connectivity index (χ3v) is 5.42. The Hall–Kier alpha value is -1.35. The molecule has 1 saturated carbocycles. The number of hydrogen-bond donors (Lipinski definition) is 1. The highest BCUT2D eigenvalue weighted by Gasteiger charge is 2.20. The number of aryl methyl sites for hydroxylation is 1. The molecule has 2 rings (SSSR count). The van der Waals surface area contributed by atoms with Crippen molar-refractivity contribution in [2.75, 3.05) is 20.1 Å². The largest absolute Gasteiger partial charge is 0.314 e. The Bertz CT molecular complexity index is 598. The Labute approximate surface area is 127 Å². The lowest BCUT2D eigenvalue weighted by Gasteiger charge is -2.14. The number of rotatable bonds is 8. The van der Waals surface area contributed by atoms with E-state index in [9.17, 15) is 8.42 Å². The highest BCUT2D eigenvalue weighted by atomic mass is 32.2. The zero-order valence-electron chi connectivity index (χ0n) is 12.4. The van der Waals surface area contributed by atoms with Crippen molar-refractivity contribution in [2.45, 2.75) is 36.6 Å². The highest BCUT2D eigenvalue weighted by molar-refractivity contribution is 7.89. The number of benzene rings is 1. The molecule has 0 bridgehead atoms. The first-order valence-electron chi connectivity index (χ1n) is 7.26. The summed E-state index contributed by atoms with van der Waals surface area (Å²) in [5, 5.41) is 3.47. The Morgan fingerprint density at radius 3 is 2.57 bits per heavy atom. The summed E-state index contributed by atoms with van der Waals surface area (Å²) in [7, 11) is -1.97. The lowest BCUT2D eigenvalue weighted by Crippen LogP contribution is -2.27. The van der Waals surface area contributed by atoms with Crippen molar-refractivity contribution in [3.63, 3.8) is 0 Å². The first-order chi connectivity index (χ1) is 10.0. The van der Waals surface area contributed by atoms with Crippen molar-refractivity contribution in [3.05, 3.63) is 29.8 Å². The summed E-state index contributed by atoms with van der Waals surface area (Å²) in [6.07, 6.45) is 9.79. The van der Waals surface area contributed by atoms with Crippen LogP contribution in [0.1, 0.15) is 24.8 Å². The molecule has 0 atom stereocenters. The second kappa shape index (κ2) is 7.08. The van der Waals surface area contributed by atoms with Gasteiger partial charge in [-0.25, -0.2) is 8.42 Å². The van der Waals surface area contributed by atoms with Crippen LogP contribution in [0.15, 0.2) is 29.2 Å². The molecule has 0 saturated heterocycles. The second-order valence-corrected chi connectivity index (χ2v) is 7.49. The van der Waals surface area contributed by atoms with Gasteiger partial charge in [-0.05, 0) is 49.9 Å². The predicted octanol–water partition coefficient (Wildman–Crippen LogP) is 1.62. The van der Waals surface area contributed by atoms with Gasteiger partial charge in [0.2, 0.25) is 10.0 Å². The first kappa shape index (κ1) is 16.0. The summed E-state index contributed by atoms with van der Waals surface area (Å²) in [5.74, 6) is 2.34.